The maximum atomic E-state index is 13.2. The molecule has 30 heavy (non-hydrogen) atoms. The Balaban J connectivity index is 1.45. The summed E-state index contributed by atoms with van der Waals surface area (Å²) in [6, 6.07) is 13.5. The summed E-state index contributed by atoms with van der Waals surface area (Å²) in [6.45, 7) is 2.76. The fraction of sp³-hybridized carbons (Fsp3) is 0.333. The zero-order valence-electron chi connectivity index (χ0n) is 16.8. The van der Waals surface area contributed by atoms with Crippen molar-refractivity contribution >= 4 is 11.7 Å². The van der Waals surface area contributed by atoms with Gasteiger partial charge < -0.3 is 19.5 Å². The Morgan fingerprint density at radius 1 is 0.967 bits per heavy atom. The lowest BCUT2D eigenvalue weighted by molar-refractivity contribution is -0.122. The Kier molecular flexibility index (Phi) is 4.69. The standard InChI is InChI=1S/C24H23NO5/c1-2-28-17-6-3-14(4-7-17)16-9-19-24(20(26)10-16)18(12-23(27)25-19)15-5-8-21-22(11-15)30-13-29-21/h3-8,11,16,18H,2,9-10,12-13H2,1H3,(H,25,27). The molecule has 2 aromatic rings. The number of carbonyl (C=O) groups excluding carboxylic acids is 2. The van der Waals surface area contributed by atoms with Crippen LogP contribution in [0.25, 0.3) is 0 Å². The molecule has 0 spiro atoms. The van der Waals surface area contributed by atoms with Gasteiger partial charge in [-0.25, -0.2) is 0 Å². The number of nitrogens with one attached hydrogen (secondary N) is 1. The van der Waals surface area contributed by atoms with Gasteiger partial charge in [0.05, 0.1) is 6.61 Å². The molecule has 0 aromatic heterocycles. The summed E-state index contributed by atoms with van der Waals surface area (Å²) in [7, 11) is 0. The second kappa shape index (κ2) is 7.52. The fourth-order valence-electron chi connectivity index (χ4n) is 4.61. The summed E-state index contributed by atoms with van der Waals surface area (Å²) in [5.74, 6) is 2.00. The number of allylic oxidation sites excluding steroid dienone is 2. The van der Waals surface area contributed by atoms with Gasteiger partial charge in [0, 0.05) is 30.0 Å². The van der Waals surface area contributed by atoms with Crippen molar-refractivity contribution < 1.29 is 23.8 Å². The fourth-order valence-corrected chi connectivity index (χ4v) is 4.61. The lowest BCUT2D eigenvalue weighted by Gasteiger charge is -2.34. The molecule has 5 rings (SSSR count). The van der Waals surface area contributed by atoms with E-state index >= 15 is 0 Å². The first-order valence-corrected chi connectivity index (χ1v) is 10.3. The van der Waals surface area contributed by atoms with Crippen molar-refractivity contribution in [3.8, 4) is 17.2 Å². The molecule has 6 heteroatoms. The minimum Gasteiger partial charge on any atom is -0.494 e. The van der Waals surface area contributed by atoms with Crippen LogP contribution in [0, 0.1) is 0 Å². The first-order valence-electron chi connectivity index (χ1n) is 10.3. The molecule has 1 aliphatic carbocycles. The summed E-state index contributed by atoms with van der Waals surface area (Å²) >= 11 is 0. The molecule has 0 saturated carbocycles. The van der Waals surface area contributed by atoms with Crippen LogP contribution >= 0.6 is 0 Å². The molecule has 1 N–H and O–H groups in total. The number of fused-ring (bicyclic) bond motifs is 1. The highest BCUT2D eigenvalue weighted by Crippen LogP contribution is 2.44. The van der Waals surface area contributed by atoms with Crippen molar-refractivity contribution in [2.24, 2.45) is 0 Å². The molecule has 1 amide bonds. The zero-order chi connectivity index (χ0) is 20.7. The van der Waals surface area contributed by atoms with Crippen molar-refractivity contribution in [2.75, 3.05) is 13.4 Å². The molecule has 3 aliphatic rings. The number of Topliss-reactive ketones (excluding diaryl/α,β-unsaturated/α-hetero) is 1. The third-order valence-electron chi connectivity index (χ3n) is 6.00. The van der Waals surface area contributed by atoms with Crippen molar-refractivity contribution in [1.82, 2.24) is 5.32 Å². The predicted octanol–water partition coefficient (Wildman–Crippen LogP) is 3.82. The molecule has 0 saturated heterocycles. The average molecular weight is 405 g/mol. The van der Waals surface area contributed by atoms with E-state index in [1.807, 2.05) is 49.4 Å². The summed E-state index contributed by atoms with van der Waals surface area (Å²) in [5.41, 5.74) is 3.48. The maximum Gasteiger partial charge on any atom is 0.231 e. The van der Waals surface area contributed by atoms with Crippen LogP contribution in [0.4, 0.5) is 0 Å². The number of carbonyl (C=O) groups is 2. The second-order valence-electron chi connectivity index (χ2n) is 7.84. The van der Waals surface area contributed by atoms with Gasteiger partial charge in [-0.2, -0.15) is 0 Å². The highest BCUT2D eigenvalue weighted by molar-refractivity contribution is 6.02. The average Bonchev–Trinajstić information content (AvgIpc) is 3.21. The lowest BCUT2D eigenvalue weighted by atomic mass is 9.73. The molecule has 2 heterocycles. The topological polar surface area (TPSA) is 73.9 Å². The molecule has 0 radical (unpaired) electrons. The summed E-state index contributed by atoms with van der Waals surface area (Å²) in [4.78, 5) is 25.7. The third-order valence-corrected chi connectivity index (χ3v) is 6.00. The molecule has 0 bridgehead atoms. The summed E-state index contributed by atoms with van der Waals surface area (Å²) < 4.78 is 16.4. The third kappa shape index (κ3) is 3.32. The predicted molar refractivity (Wildman–Crippen MR) is 110 cm³/mol. The van der Waals surface area contributed by atoms with E-state index in [1.165, 1.54) is 0 Å². The minimum atomic E-state index is -0.253. The highest BCUT2D eigenvalue weighted by atomic mass is 16.7. The normalized spacial score (nSPS) is 22.6. The Morgan fingerprint density at radius 2 is 1.73 bits per heavy atom. The highest BCUT2D eigenvalue weighted by Gasteiger charge is 2.38. The Hall–Kier alpha value is -3.28. The number of hydrogen-bond acceptors (Lipinski definition) is 5. The van der Waals surface area contributed by atoms with Gasteiger partial charge in [0.15, 0.2) is 17.3 Å². The molecule has 2 aliphatic heterocycles. The van der Waals surface area contributed by atoms with E-state index in [-0.39, 0.29) is 36.7 Å². The van der Waals surface area contributed by atoms with Crippen molar-refractivity contribution in [1.29, 1.82) is 0 Å². The van der Waals surface area contributed by atoms with Crippen LogP contribution in [-0.4, -0.2) is 25.1 Å². The first-order chi connectivity index (χ1) is 14.6. The van der Waals surface area contributed by atoms with E-state index in [2.05, 4.69) is 5.32 Å². The molecule has 154 valence electrons. The van der Waals surface area contributed by atoms with Crippen LogP contribution in [0.2, 0.25) is 0 Å². The van der Waals surface area contributed by atoms with Gasteiger partial charge in [-0.15, -0.1) is 0 Å². The van der Waals surface area contributed by atoms with E-state index in [1.54, 1.807) is 0 Å². The first kappa shape index (κ1) is 18.7. The molecule has 2 aromatic carbocycles. The van der Waals surface area contributed by atoms with Crippen LogP contribution < -0.4 is 19.5 Å². The van der Waals surface area contributed by atoms with Gasteiger partial charge in [-0.05, 0) is 54.7 Å². The SMILES string of the molecule is CCOc1ccc(C2CC(=O)C3=C(C2)NC(=O)CC3c2ccc3c(c2)OCO3)cc1. The largest absolute Gasteiger partial charge is 0.494 e. The van der Waals surface area contributed by atoms with Crippen molar-refractivity contribution in [3.63, 3.8) is 0 Å². The monoisotopic (exact) mass is 405 g/mol. The van der Waals surface area contributed by atoms with E-state index in [4.69, 9.17) is 14.2 Å². The van der Waals surface area contributed by atoms with Crippen LogP contribution in [0.3, 0.4) is 0 Å². The Labute approximate surface area is 174 Å². The van der Waals surface area contributed by atoms with E-state index in [0.29, 0.717) is 30.9 Å². The molecule has 6 nitrogen and oxygen atoms in total. The second-order valence-corrected chi connectivity index (χ2v) is 7.84. The number of ketones is 1. The minimum absolute atomic E-state index is 0.0442. The number of hydrogen-bond donors (Lipinski definition) is 1. The van der Waals surface area contributed by atoms with Gasteiger partial charge in [0.25, 0.3) is 0 Å². The van der Waals surface area contributed by atoms with Gasteiger partial charge in [-0.1, -0.05) is 18.2 Å². The Bertz CT molecular complexity index is 1040. The molecule has 2 unspecified atom stereocenters. The van der Waals surface area contributed by atoms with E-state index in [9.17, 15) is 9.59 Å². The molecule has 2 atom stereocenters. The molecular weight excluding hydrogens is 382 g/mol. The van der Waals surface area contributed by atoms with Gasteiger partial charge in [-0.3, -0.25) is 9.59 Å². The summed E-state index contributed by atoms with van der Waals surface area (Å²) in [5, 5.41) is 2.97. The smallest absolute Gasteiger partial charge is 0.231 e. The van der Waals surface area contributed by atoms with Crippen molar-refractivity contribution in [2.45, 2.75) is 38.0 Å². The molecular formula is C24H23NO5. The quantitative estimate of drug-likeness (QED) is 0.837. The number of amides is 1. The number of rotatable bonds is 4. The van der Waals surface area contributed by atoms with Crippen LogP contribution in [0.5, 0.6) is 17.2 Å². The van der Waals surface area contributed by atoms with Crippen LogP contribution in [0.15, 0.2) is 53.7 Å². The number of ether oxygens (including phenoxy) is 3. The van der Waals surface area contributed by atoms with Gasteiger partial charge in [0.1, 0.15) is 5.75 Å². The van der Waals surface area contributed by atoms with E-state index in [0.717, 1.165) is 28.1 Å². The maximum absolute atomic E-state index is 13.2. The van der Waals surface area contributed by atoms with Crippen molar-refractivity contribution in [3.05, 3.63) is 64.9 Å². The number of benzene rings is 2. The lowest BCUT2D eigenvalue weighted by Crippen LogP contribution is -2.38. The zero-order valence-corrected chi connectivity index (χ0v) is 16.8. The van der Waals surface area contributed by atoms with E-state index < -0.39 is 0 Å². The summed E-state index contributed by atoms with van der Waals surface area (Å²) in [6.07, 6.45) is 1.34. The Morgan fingerprint density at radius 3 is 2.53 bits per heavy atom. The van der Waals surface area contributed by atoms with Gasteiger partial charge in [0.2, 0.25) is 12.7 Å². The van der Waals surface area contributed by atoms with Gasteiger partial charge >= 0.3 is 0 Å². The van der Waals surface area contributed by atoms with Crippen LogP contribution in [-0.2, 0) is 9.59 Å². The van der Waals surface area contributed by atoms with Crippen LogP contribution in [0.1, 0.15) is 49.1 Å². The molecule has 0 fully saturated rings.